The summed E-state index contributed by atoms with van der Waals surface area (Å²) in [5.41, 5.74) is 2.42. The van der Waals surface area contributed by atoms with E-state index in [0.717, 1.165) is 20.6 Å². The lowest BCUT2D eigenvalue weighted by molar-refractivity contribution is 0.103. The molecule has 0 saturated carbocycles. The van der Waals surface area contributed by atoms with Gasteiger partial charge < -0.3 is 0 Å². The summed E-state index contributed by atoms with van der Waals surface area (Å²) in [7, 11) is 1.49. The normalized spacial score (nSPS) is 11.0. The molecule has 0 atom stereocenters. The zero-order chi connectivity index (χ0) is 19.8. The molecule has 0 amide bonds. The van der Waals surface area contributed by atoms with Gasteiger partial charge in [-0.15, -0.1) is 0 Å². The van der Waals surface area contributed by atoms with Gasteiger partial charge in [-0.25, -0.2) is 9.48 Å². The van der Waals surface area contributed by atoms with E-state index < -0.39 is 5.69 Å². The van der Waals surface area contributed by atoms with Crippen molar-refractivity contribution in [3.63, 3.8) is 0 Å². The van der Waals surface area contributed by atoms with Gasteiger partial charge in [0.05, 0.1) is 16.9 Å². The van der Waals surface area contributed by atoms with E-state index in [2.05, 4.69) is 31.5 Å². The number of ketones is 1. The zero-order valence-electron chi connectivity index (χ0n) is 15.1. The monoisotopic (exact) mass is 438 g/mol. The van der Waals surface area contributed by atoms with Crippen LogP contribution in [0.3, 0.4) is 0 Å². The fourth-order valence-corrected chi connectivity index (χ4v) is 3.33. The lowest BCUT2D eigenvalue weighted by Gasteiger charge is -2.08. The van der Waals surface area contributed by atoms with E-state index in [-0.39, 0.29) is 11.5 Å². The minimum Gasteiger partial charge on any atom is -0.287 e. The minimum atomic E-state index is -0.447. The Morgan fingerprint density at radius 1 is 1.04 bits per heavy atom. The van der Waals surface area contributed by atoms with Crippen LogP contribution in [0.5, 0.6) is 0 Å². The van der Waals surface area contributed by atoms with Gasteiger partial charge in [-0.1, -0.05) is 23.8 Å². The van der Waals surface area contributed by atoms with Crippen LogP contribution in [0.2, 0.25) is 0 Å². The van der Waals surface area contributed by atoms with E-state index in [9.17, 15) is 9.59 Å². The molecule has 28 heavy (non-hydrogen) atoms. The lowest BCUT2D eigenvalue weighted by Crippen LogP contribution is -2.24. The van der Waals surface area contributed by atoms with Gasteiger partial charge in [0.15, 0.2) is 0 Å². The highest BCUT2D eigenvalue weighted by Crippen LogP contribution is 2.25. The molecule has 140 valence electrons. The van der Waals surface area contributed by atoms with Gasteiger partial charge >= 0.3 is 5.69 Å². The first kappa shape index (κ1) is 18.1. The van der Waals surface area contributed by atoms with Crippen molar-refractivity contribution in [2.24, 2.45) is 7.05 Å². The third kappa shape index (κ3) is 3.09. The van der Waals surface area contributed by atoms with E-state index in [1.54, 1.807) is 35.1 Å². The maximum atomic E-state index is 13.2. The fourth-order valence-electron chi connectivity index (χ4n) is 2.79. The van der Waals surface area contributed by atoms with Gasteiger partial charge in [-0.3, -0.25) is 4.79 Å². The largest absolute Gasteiger partial charge is 0.368 e. The molecule has 0 bridgehead atoms. The van der Waals surface area contributed by atoms with Crippen LogP contribution in [0.1, 0.15) is 21.6 Å². The standard InChI is InChI=1S/C19H15BrN6O2/c1-12-6-8-13(9-7-12)25-11-10-15(21-25)18(27)17-14(20)4-3-5-16(17)26-19(28)24(2)22-23-26/h3-11H,1-2H3. The minimum absolute atomic E-state index is 0.255. The molecule has 2 heterocycles. The van der Waals surface area contributed by atoms with Crippen LogP contribution >= 0.6 is 15.9 Å². The predicted octanol–water partition coefficient (Wildman–Crippen LogP) is 2.45. The van der Waals surface area contributed by atoms with Crippen molar-refractivity contribution in [3.8, 4) is 11.4 Å². The molecule has 0 fully saturated rings. The van der Waals surface area contributed by atoms with Gasteiger partial charge in [0.2, 0.25) is 5.78 Å². The third-order valence-corrected chi connectivity index (χ3v) is 4.95. The molecule has 0 radical (unpaired) electrons. The summed E-state index contributed by atoms with van der Waals surface area (Å²) in [5, 5.41) is 12.0. The first-order valence-corrected chi connectivity index (χ1v) is 9.20. The molecule has 0 N–H and O–H groups in total. The van der Waals surface area contributed by atoms with Gasteiger partial charge in [-0.2, -0.15) is 14.5 Å². The summed E-state index contributed by atoms with van der Waals surface area (Å²) in [6.45, 7) is 2.00. The molecule has 0 aliphatic rings. The smallest absolute Gasteiger partial charge is 0.287 e. The Hall–Kier alpha value is -3.33. The average Bonchev–Trinajstić information content (AvgIpc) is 3.30. The van der Waals surface area contributed by atoms with Crippen LogP contribution in [0.25, 0.3) is 11.4 Å². The van der Waals surface area contributed by atoms with Gasteiger partial charge in [0.25, 0.3) is 0 Å². The molecule has 0 aliphatic carbocycles. The Kier molecular flexibility index (Phi) is 4.52. The number of carbonyl (C=O) groups excluding carboxylic acids is 1. The van der Waals surface area contributed by atoms with Gasteiger partial charge in [0.1, 0.15) is 5.69 Å². The van der Waals surface area contributed by atoms with Crippen molar-refractivity contribution >= 4 is 21.7 Å². The van der Waals surface area contributed by atoms with Crippen molar-refractivity contribution in [2.45, 2.75) is 6.92 Å². The van der Waals surface area contributed by atoms with Crippen LogP contribution in [0.4, 0.5) is 0 Å². The lowest BCUT2D eigenvalue weighted by atomic mass is 10.1. The second kappa shape index (κ2) is 7.01. The number of carbonyl (C=O) groups is 1. The van der Waals surface area contributed by atoms with Gasteiger partial charge in [0, 0.05) is 17.7 Å². The molecule has 2 aromatic heterocycles. The predicted molar refractivity (Wildman–Crippen MR) is 106 cm³/mol. The molecule has 4 aromatic rings. The van der Waals surface area contributed by atoms with Crippen LogP contribution in [-0.2, 0) is 7.05 Å². The van der Waals surface area contributed by atoms with Gasteiger partial charge in [-0.05, 0) is 63.6 Å². The molecule has 0 spiro atoms. The number of rotatable bonds is 4. The Morgan fingerprint density at radius 2 is 1.79 bits per heavy atom. The number of aryl methyl sites for hydroxylation is 2. The number of hydrogen-bond donors (Lipinski definition) is 0. The Balaban J connectivity index is 1.78. The first-order valence-electron chi connectivity index (χ1n) is 8.41. The van der Waals surface area contributed by atoms with Crippen molar-refractivity contribution < 1.29 is 4.79 Å². The molecule has 8 nitrogen and oxygen atoms in total. The van der Waals surface area contributed by atoms with Crippen LogP contribution in [0, 0.1) is 6.92 Å². The number of tetrazole rings is 1. The Labute approximate surface area is 168 Å². The van der Waals surface area contributed by atoms with E-state index in [4.69, 9.17) is 0 Å². The van der Waals surface area contributed by atoms with E-state index in [1.807, 2.05) is 31.2 Å². The SMILES string of the molecule is Cc1ccc(-n2ccc(C(=O)c3c(Br)cccc3-n3nnn(C)c3=O)n2)cc1. The summed E-state index contributed by atoms with van der Waals surface area (Å²) >= 11 is 3.41. The number of nitrogens with zero attached hydrogens (tertiary/aromatic N) is 6. The molecule has 9 heteroatoms. The average molecular weight is 439 g/mol. The third-order valence-electron chi connectivity index (χ3n) is 4.29. The molecular formula is C19H15BrN6O2. The first-order chi connectivity index (χ1) is 13.5. The van der Waals surface area contributed by atoms with Crippen LogP contribution in [0.15, 0.2) is 64.0 Å². The molecule has 4 rings (SSSR count). The zero-order valence-corrected chi connectivity index (χ0v) is 16.7. The molecular weight excluding hydrogens is 424 g/mol. The highest BCUT2D eigenvalue weighted by Gasteiger charge is 2.22. The maximum absolute atomic E-state index is 13.2. The summed E-state index contributed by atoms with van der Waals surface area (Å²) < 4.78 is 4.37. The highest BCUT2D eigenvalue weighted by atomic mass is 79.9. The molecule has 0 saturated heterocycles. The maximum Gasteiger partial charge on any atom is 0.368 e. The Bertz CT molecular complexity index is 1240. The van der Waals surface area contributed by atoms with E-state index in [0.29, 0.717) is 15.7 Å². The summed E-state index contributed by atoms with van der Waals surface area (Å²) in [6.07, 6.45) is 1.73. The fraction of sp³-hybridized carbons (Fsp3) is 0.105. The Morgan fingerprint density at radius 3 is 2.46 bits per heavy atom. The van der Waals surface area contributed by atoms with E-state index in [1.165, 1.54) is 7.05 Å². The molecule has 0 unspecified atom stereocenters. The quantitative estimate of drug-likeness (QED) is 0.456. The summed E-state index contributed by atoms with van der Waals surface area (Å²) in [5.74, 6) is -0.328. The number of halogens is 1. The second-order valence-electron chi connectivity index (χ2n) is 6.24. The summed E-state index contributed by atoms with van der Waals surface area (Å²) in [4.78, 5) is 25.5. The highest BCUT2D eigenvalue weighted by molar-refractivity contribution is 9.10. The number of aromatic nitrogens is 6. The molecule has 0 aliphatic heterocycles. The number of benzene rings is 2. The van der Waals surface area contributed by atoms with E-state index >= 15 is 0 Å². The number of hydrogen-bond acceptors (Lipinski definition) is 5. The second-order valence-corrected chi connectivity index (χ2v) is 7.10. The van der Waals surface area contributed by atoms with Crippen molar-refractivity contribution in [3.05, 3.63) is 86.5 Å². The van der Waals surface area contributed by atoms with Crippen molar-refractivity contribution in [2.75, 3.05) is 0 Å². The van der Waals surface area contributed by atoms with Crippen molar-refractivity contribution in [1.82, 2.24) is 29.6 Å². The summed E-state index contributed by atoms with van der Waals surface area (Å²) in [6, 6.07) is 14.6. The van der Waals surface area contributed by atoms with Crippen LogP contribution < -0.4 is 5.69 Å². The van der Waals surface area contributed by atoms with Crippen molar-refractivity contribution in [1.29, 1.82) is 0 Å². The topological polar surface area (TPSA) is 87.6 Å². The van der Waals surface area contributed by atoms with Crippen LogP contribution in [-0.4, -0.2) is 35.4 Å². The molecule has 2 aromatic carbocycles.